The van der Waals surface area contributed by atoms with Crippen molar-refractivity contribution in [2.45, 2.75) is 116 Å². The van der Waals surface area contributed by atoms with Gasteiger partial charge >= 0.3 is 0 Å². The molecular formula is C34H52O3. The average Bonchev–Trinajstić information content (AvgIpc) is 3.37. The van der Waals surface area contributed by atoms with Gasteiger partial charge in [0.25, 0.3) is 0 Å². The fourth-order valence-electron chi connectivity index (χ4n) is 10.9. The standard InChI is InChI=1S/C34H52O3/c1-22(13-18-34(36)21-25(34)19-23-5-8-27(37-4)9-6-23)29-11-12-30-28-10-7-24-20-26(35)14-16-32(24,2)31(28)15-17-33(29,30)3/h5-6,8-9,22,24-26,28-31,35-36H,7,10-21H2,1-4H3/t22-,24?,25+,26-,28+,29-,30+,31+,32+,33-,34+/m1/s1. The summed E-state index contributed by atoms with van der Waals surface area (Å²) in [5.74, 6) is 6.29. The highest BCUT2D eigenvalue weighted by atomic mass is 16.5. The molecule has 1 aromatic carbocycles. The number of benzene rings is 1. The molecule has 5 aliphatic rings. The van der Waals surface area contributed by atoms with E-state index in [-0.39, 0.29) is 6.10 Å². The van der Waals surface area contributed by atoms with E-state index in [1.54, 1.807) is 7.11 Å². The molecule has 1 unspecified atom stereocenters. The lowest BCUT2D eigenvalue weighted by atomic mass is 9.44. The zero-order valence-corrected chi connectivity index (χ0v) is 23.9. The van der Waals surface area contributed by atoms with Crippen LogP contribution in [0.4, 0.5) is 0 Å². The van der Waals surface area contributed by atoms with Crippen molar-refractivity contribution in [3.05, 3.63) is 29.8 Å². The number of fused-ring (bicyclic) bond motifs is 5. The van der Waals surface area contributed by atoms with Crippen LogP contribution in [-0.4, -0.2) is 29.0 Å². The molecule has 5 saturated carbocycles. The molecular weight excluding hydrogens is 456 g/mol. The van der Waals surface area contributed by atoms with Crippen LogP contribution in [0.15, 0.2) is 24.3 Å². The number of aliphatic hydroxyl groups excluding tert-OH is 1. The number of hydrogen-bond donors (Lipinski definition) is 2. The molecule has 37 heavy (non-hydrogen) atoms. The van der Waals surface area contributed by atoms with Crippen molar-refractivity contribution < 1.29 is 14.9 Å². The Labute approximate surface area is 225 Å². The van der Waals surface area contributed by atoms with Gasteiger partial charge in [-0.1, -0.05) is 32.9 Å². The molecule has 0 bridgehead atoms. The molecule has 0 heterocycles. The Morgan fingerprint density at radius 3 is 2.43 bits per heavy atom. The topological polar surface area (TPSA) is 49.7 Å². The van der Waals surface area contributed by atoms with E-state index in [0.717, 1.165) is 67.4 Å². The van der Waals surface area contributed by atoms with E-state index in [9.17, 15) is 10.2 Å². The number of hydrogen-bond acceptors (Lipinski definition) is 3. The molecule has 0 saturated heterocycles. The van der Waals surface area contributed by atoms with Crippen LogP contribution >= 0.6 is 0 Å². The Bertz CT molecular complexity index is 958. The zero-order valence-electron chi connectivity index (χ0n) is 23.9. The van der Waals surface area contributed by atoms with Gasteiger partial charge < -0.3 is 14.9 Å². The molecule has 5 fully saturated rings. The molecule has 1 aromatic rings. The van der Waals surface area contributed by atoms with E-state index in [4.69, 9.17) is 4.74 Å². The largest absolute Gasteiger partial charge is 0.497 e. The van der Waals surface area contributed by atoms with Gasteiger partial charge in [-0.15, -0.1) is 0 Å². The molecule has 2 N–H and O–H groups in total. The smallest absolute Gasteiger partial charge is 0.118 e. The summed E-state index contributed by atoms with van der Waals surface area (Å²) >= 11 is 0. The summed E-state index contributed by atoms with van der Waals surface area (Å²) in [6.07, 6.45) is 15.8. The molecule has 0 aliphatic heterocycles. The van der Waals surface area contributed by atoms with E-state index in [0.29, 0.717) is 22.7 Å². The van der Waals surface area contributed by atoms with Crippen molar-refractivity contribution in [1.29, 1.82) is 0 Å². The molecule has 206 valence electrons. The SMILES string of the molecule is COc1ccc(C[C@H]2C[C@@]2(O)CC[C@@H](C)[C@H]2CC[C@H]3[C@@H]4CCC5C[C@H](O)CC[C@]5(C)[C@H]4CC[C@]23C)cc1. The summed E-state index contributed by atoms with van der Waals surface area (Å²) in [6, 6.07) is 8.38. The first-order valence-electron chi connectivity index (χ1n) is 15.7. The van der Waals surface area contributed by atoms with Gasteiger partial charge in [-0.3, -0.25) is 0 Å². The highest BCUT2D eigenvalue weighted by molar-refractivity contribution is 5.28. The van der Waals surface area contributed by atoms with Crippen molar-refractivity contribution in [3.63, 3.8) is 0 Å². The molecule has 3 heteroatoms. The maximum absolute atomic E-state index is 11.3. The van der Waals surface area contributed by atoms with E-state index in [2.05, 4.69) is 32.9 Å². The number of aliphatic hydroxyl groups is 2. The molecule has 0 aromatic heterocycles. The number of ether oxygens (including phenoxy) is 1. The molecule has 6 rings (SSSR count). The van der Waals surface area contributed by atoms with Crippen LogP contribution in [0.25, 0.3) is 0 Å². The predicted molar refractivity (Wildman–Crippen MR) is 149 cm³/mol. The Morgan fingerprint density at radius 2 is 1.68 bits per heavy atom. The zero-order chi connectivity index (χ0) is 26.0. The van der Waals surface area contributed by atoms with Gasteiger partial charge in [0.15, 0.2) is 0 Å². The van der Waals surface area contributed by atoms with Gasteiger partial charge in [0, 0.05) is 0 Å². The Kier molecular flexibility index (Phi) is 6.75. The van der Waals surface area contributed by atoms with Gasteiger partial charge in [-0.25, -0.2) is 0 Å². The fourth-order valence-corrected chi connectivity index (χ4v) is 10.9. The molecule has 3 nitrogen and oxygen atoms in total. The lowest BCUT2D eigenvalue weighted by Gasteiger charge is -2.61. The Morgan fingerprint density at radius 1 is 0.946 bits per heavy atom. The van der Waals surface area contributed by atoms with Crippen LogP contribution in [0.2, 0.25) is 0 Å². The van der Waals surface area contributed by atoms with Crippen molar-refractivity contribution >= 4 is 0 Å². The van der Waals surface area contributed by atoms with Crippen molar-refractivity contribution in [3.8, 4) is 5.75 Å². The van der Waals surface area contributed by atoms with Gasteiger partial charge in [-0.2, -0.15) is 0 Å². The summed E-state index contributed by atoms with van der Waals surface area (Å²) < 4.78 is 5.29. The van der Waals surface area contributed by atoms with Gasteiger partial charge in [0.1, 0.15) is 5.75 Å². The number of rotatable bonds is 7. The predicted octanol–water partition coefficient (Wildman–Crippen LogP) is 7.42. The van der Waals surface area contributed by atoms with Crippen LogP contribution in [0.3, 0.4) is 0 Å². The van der Waals surface area contributed by atoms with Gasteiger partial charge in [0.05, 0.1) is 18.8 Å². The second-order valence-electron chi connectivity index (χ2n) is 14.9. The lowest BCUT2D eigenvalue weighted by Crippen LogP contribution is -2.54. The Balaban J connectivity index is 1.06. The summed E-state index contributed by atoms with van der Waals surface area (Å²) in [7, 11) is 1.71. The van der Waals surface area contributed by atoms with Crippen LogP contribution in [0.1, 0.15) is 103 Å². The van der Waals surface area contributed by atoms with Crippen molar-refractivity contribution in [2.24, 2.45) is 52.3 Å². The quantitative estimate of drug-likeness (QED) is 0.403. The normalized spacial score (nSPS) is 47.5. The minimum Gasteiger partial charge on any atom is -0.497 e. The highest BCUT2D eigenvalue weighted by Crippen LogP contribution is 2.68. The monoisotopic (exact) mass is 508 g/mol. The second-order valence-corrected chi connectivity index (χ2v) is 14.9. The average molecular weight is 509 g/mol. The third-order valence-electron chi connectivity index (χ3n) is 13.3. The summed E-state index contributed by atoms with van der Waals surface area (Å²) in [5.41, 5.74) is 1.84. The maximum Gasteiger partial charge on any atom is 0.118 e. The minimum atomic E-state index is -0.441. The van der Waals surface area contributed by atoms with E-state index in [1.165, 1.54) is 56.9 Å². The summed E-state index contributed by atoms with van der Waals surface area (Å²) in [5, 5.41) is 21.7. The van der Waals surface area contributed by atoms with Gasteiger partial charge in [-0.05, 0) is 153 Å². The van der Waals surface area contributed by atoms with Crippen LogP contribution in [-0.2, 0) is 6.42 Å². The van der Waals surface area contributed by atoms with Crippen molar-refractivity contribution in [1.82, 2.24) is 0 Å². The first-order valence-corrected chi connectivity index (χ1v) is 15.7. The highest BCUT2D eigenvalue weighted by Gasteiger charge is 2.61. The first kappa shape index (κ1) is 26.2. The van der Waals surface area contributed by atoms with E-state index in [1.807, 2.05) is 12.1 Å². The first-order chi connectivity index (χ1) is 17.7. The fraction of sp³-hybridized carbons (Fsp3) is 0.824. The van der Waals surface area contributed by atoms with E-state index >= 15 is 0 Å². The van der Waals surface area contributed by atoms with Crippen LogP contribution in [0.5, 0.6) is 5.75 Å². The van der Waals surface area contributed by atoms with E-state index < -0.39 is 5.60 Å². The number of methoxy groups -OCH3 is 1. The minimum absolute atomic E-state index is 0.0442. The van der Waals surface area contributed by atoms with Crippen LogP contribution in [0, 0.1) is 52.3 Å². The van der Waals surface area contributed by atoms with Crippen LogP contribution < -0.4 is 4.74 Å². The Hall–Kier alpha value is -1.06. The second kappa shape index (κ2) is 9.54. The molecule has 0 amide bonds. The third-order valence-corrected chi connectivity index (χ3v) is 13.3. The lowest BCUT2D eigenvalue weighted by molar-refractivity contribution is -0.129. The molecule has 0 radical (unpaired) electrons. The maximum atomic E-state index is 11.3. The molecule has 0 spiro atoms. The van der Waals surface area contributed by atoms with Gasteiger partial charge in [0.2, 0.25) is 0 Å². The van der Waals surface area contributed by atoms with Crippen molar-refractivity contribution in [2.75, 3.05) is 7.11 Å². The third kappa shape index (κ3) is 4.48. The summed E-state index contributed by atoms with van der Waals surface area (Å²) in [6.45, 7) is 7.78. The molecule has 5 aliphatic carbocycles. The molecule has 11 atom stereocenters. The summed E-state index contributed by atoms with van der Waals surface area (Å²) in [4.78, 5) is 0.